The van der Waals surface area contributed by atoms with Crippen LogP contribution in [0.2, 0.25) is 0 Å². The average molecular weight is 563 g/mol. The van der Waals surface area contributed by atoms with Gasteiger partial charge in [0, 0.05) is 43.4 Å². The van der Waals surface area contributed by atoms with E-state index in [4.69, 9.17) is 9.88 Å². The summed E-state index contributed by atoms with van der Waals surface area (Å²) in [6.45, 7) is 1.60. The van der Waals surface area contributed by atoms with E-state index >= 15 is 0 Å². The highest BCUT2D eigenvalue weighted by Crippen LogP contribution is 2.36. The van der Waals surface area contributed by atoms with Gasteiger partial charge in [0.2, 0.25) is 0 Å². The van der Waals surface area contributed by atoms with Crippen molar-refractivity contribution in [3.63, 3.8) is 0 Å². The second kappa shape index (κ2) is 11.3. The van der Waals surface area contributed by atoms with Crippen LogP contribution in [-0.4, -0.2) is 52.6 Å². The van der Waals surface area contributed by atoms with E-state index in [1.165, 1.54) is 12.1 Å². The summed E-state index contributed by atoms with van der Waals surface area (Å²) in [6.07, 6.45) is -5.19. The van der Waals surface area contributed by atoms with E-state index in [0.717, 1.165) is 23.0 Å². The van der Waals surface area contributed by atoms with Crippen molar-refractivity contribution in [3.8, 4) is 22.8 Å². The second-order valence-corrected chi connectivity index (χ2v) is 10.2. The number of anilines is 2. The molecule has 1 fully saturated rings. The minimum Gasteiger partial charge on any atom is -0.492 e. The number of alkyl halides is 5. The lowest BCUT2D eigenvalue weighted by molar-refractivity contribution is -0.274. The van der Waals surface area contributed by atoms with Crippen LogP contribution < -0.4 is 19.9 Å². The Labute approximate surface area is 216 Å². The maximum Gasteiger partial charge on any atom is 0.573 e. The lowest BCUT2D eigenvalue weighted by Crippen LogP contribution is -2.41. The van der Waals surface area contributed by atoms with Crippen LogP contribution in [0.15, 0.2) is 52.7 Å². The smallest absolute Gasteiger partial charge is 0.492 e. The molecule has 37 heavy (non-hydrogen) atoms. The fourth-order valence-corrected chi connectivity index (χ4v) is 4.81. The fourth-order valence-electron chi connectivity index (χ4n) is 3.64. The number of nitrogens with two attached hydrogens (primary N) is 1. The van der Waals surface area contributed by atoms with Crippen molar-refractivity contribution in [1.82, 2.24) is 9.88 Å². The van der Waals surface area contributed by atoms with Crippen LogP contribution in [0.4, 0.5) is 32.8 Å². The van der Waals surface area contributed by atoms with Crippen LogP contribution in [0.5, 0.6) is 11.5 Å². The molecular formula is C23H23F5N4O3S2. The summed E-state index contributed by atoms with van der Waals surface area (Å²) < 4.78 is 86.2. The summed E-state index contributed by atoms with van der Waals surface area (Å²) in [7, 11) is -1.90. The molecular weight excluding hydrogens is 539 g/mol. The predicted octanol–water partition coefficient (Wildman–Crippen LogP) is 5.54. The Hall–Kier alpha value is -2.81. The van der Waals surface area contributed by atoms with Crippen LogP contribution in [-0.2, 0) is 11.0 Å². The summed E-state index contributed by atoms with van der Waals surface area (Å²) in [5.74, 6) is -2.48. The van der Waals surface area contributed by atoms with Crippen molar-refractivity contribution in [2.75, 3.05) is 31.6 Å². The van der Waals surface area contributed by atoms with E-state index in [1.807, 2.05) is 4.90 Å². The van der Waals surface area contributed by atoms with Gasteiger partial charge >= 0.3 is 6.36 Å². The topological polar surface area (TPSA) is 89.7 Å². The molecule has 200 valence electrons. The number of likely N-dealkylation sites (tertiary alicyclic amines) is 1. The first-order chi connectivity index (χ1) is 17.5. The molecule has 1 aromatic heterocycles. The molecule has 2 aromatic carbocycles. The summed E-state index contributed by atoms with van der Waals surface area (Å²) in [4.78, 5) is 6.47. The van der Waals surface area contributed by atoms with E-state index in [9.17, 15) is 26.2 Å². The molecule has 3 N–H and O–H groups in total. The number of nitrogens with one attached hydrogen (secondary N) is 1. The Kier molecular flexibility index (Phi) is 8.31. The van der Waals surface area contributed by atoms with E-state index in [-0.39, 0.29) is 28.6 Å². The highest BCUT2D eigenvalue weighted by Gasteiger charge is 2.34. The maximum absolute atomic E-state index is 13.2. The molecule has 1 unspecified atom stereocenters. The molecule has 1 atom stereocenters. The SMILES string of the molecule is NS(=O)c1ccc(OC(F)(F)F)c(Nc2nc(-c3ccc(OCCN4CCC(F)(F)CC4)cc3)cs2)c1. The fraction of sp³-hybridized carbons (Fsp3) is 0.348. The summed E-state index contributed by atoms with van der Waals surface area (Å²) in [5, 5.41) is 10.1. The Morgan fingerprint density at radius 3 is 2.49 bits per heavy atom. The number of ether oxygens (including phenoxy) is 2. The predicted molar refractivity (Wildman–Crippen MR) is 131 cm³/mol. The number of piperidine rings is 1. The zero-order chi connectivity index (χ0) is 26.6. The highest BCUT2D eigenvalue weighted by atomic mass is 32.2. The van der Waals surface area contributed by atoms with Gasteiger partial charge in [-0.2, -0.15) is 0 Å². The van der Waals surface area contributed by atoms with Gasteiger partial charge in [0.05, 0.1) is 16.3 Å². The minimum atomic E-state index is -4.92. The largest absolute Gasteiger partial charge is 0.573 e. The first-order valence-corrected chi connectivity index (χ1v) is 13.2. The van der Waals surface area contributed by atoms with Crippen molar-refractivity contribution in [3.05, 3.63) is 47.8 Å². The minimum absolute atomic E-state index is 0.0873. The molecule has 7 nitrogen and oxygen atoms in total. The molecule has 2 heterocycles. The van der Waals surface area contributed by atoms with Crippen LogP contribution >= 0.6 is 11.3 Å². The van der Waals surface area contributed by atoms with Crippen LogP contribution in [0, 0.1) is 0 Å². The maximum atomic E-state index is 13.2. The summed E-state index contributed by atoms with van der Waals surface area (Å²) >= 11 is 1.16. The van der Waals surface area contributed by atoms with Gasteiger partial charge in [-0.3, -0.25) is 4.90 Å². The molecule has 0 amide bonds. The highest BCUT2D eigenvalue weighted by molar-refractivity contribution is 7.82. The standard InChI is InChI=1S/C23H23F5N4O3S2/c24-22(25)7-9-32(10-8-22)11-12-34-16-3-1-15(2-4-16)19-14-36-21(31-19)30-18-13-17(37(29)33)5-6-20(18)35-23(26,27)28/h1-6,13-14H,7-12,29H2,(H,30,31). The van der Waals surface area contributed by atoms with Crippen LogP contribution in [0.25, 0.3) is 11.3 Å². The molecule has 1 aliphatic rings. The average Bonchev–Trinajstić information content (AvgIpc) is 3.29. The van der Waals surface area contributed by atoms with Crippen LogP contribution in [0.1, 0.15) is 12.8 Å². The molecule has 0 saturated carbocycles. The Morgan fingerprint density at radius 2 is 1.84 bits per heavy atom. The molecule has 0 bridgehead atoms. The molecule has 4 rings (SSSR count). The molecule has 0 spiro atoms. The van der Waals surface area contributed by atoms with Gasteiger partial charge in [-0.15, -0.1) is 24.5 Å². The van der Waals surface area contributed by atoms with E-state index in [1.54, 1.807) is 29.6 Å². The Balaban J connectivity index is 1.37. The molecule has 1 saturated heterocycles. The van der Waals surface area contributed by atoms with Crippen molar-refractivity contribution < 1.29 is 35.6 Å². The third kappa shape index (κ3) is 7.84. The number of halogens is 5. The van der Waals surface area contributed by atoms with E-state index in [0.29, 0.717) is 37.7 Å². The zero-order valence-corrected chi connectivity index (χ0v) is 20.9. The second-order valence-electron chi connectivity index (χ2n) is 8.24. The molecule has 1 aliphatic heterocycles. The van der Waals surface area contributed by atoms with Gasteiger partial charge in [0.1, 0.15) is 23.3 Å². The van der Waals surface area contributed by atoms with Crippen LogP contribution in [0.3, 0.4) is 0 Å². The lowest BCUT2D eigenvalue weighted by Gasteiger charge is -2.31. The molecule has 3 aromatic rings. The number of hydrogen-bond acceptors (Lipinski definition) is 7. The lowest BCUT2D eigenvalue weighted by atomic mass is 10.1. The third-order valence-electron chi connectivity index (χ3n) is 5.57. The normalized spacial score (nSPS) is 16.8. The Bertz CT molecular complexity index is 1230. The number of thiazole rings is 1. The van der Waals surface area contributed by atoms with Crippen molar-refractivity contribution >= 4 is 33.1 Å². The molecule has 14 heteroatoms. The van der Waals surface area contributed by atoms with Gasteiger partial charge in [0.15, 0.2) is 10.9 Å². The number of benzene rings is 2. The number of rotatable bonds is 9. The van der Waals surface area contributed by atoms with E-state index in [2.05, 4.69) is 15.0 Å². The first-order valence-electron chi connectivity index (χ1n) is 11.1. The van der Waals surface area contributed by atoms with Crippen molar-refractivity contribution in [2.24, 2.45) is 5.14 Å². The molecule has 0 aliphatic carbocycles. The third-order valence-corrected chi connectivity index (χ3v) is 7.04. The Morgan fingerprint density at radius 1 is 1.14 bits per heavy atom. The van der Waals surface area contributed by atoms with E-state index < -0.39 is 29.0 Å². The van der Waals surface area contributed by atoms with Crippen molar-refractivity contribution in [2.45, 2.75) is 30.0 Å². The number of hydrogen-bond donors (Lipinski definition) is 2. The van der Waals surface area contributed by atoms with Crippen molar-refractivity contribution in [1.29, 1.82) is 0 Å². The number of aromatic nitrogens is 1. The first kappa shape index (κ1) is 27.2. The number of nitrogens with zero attached hydrogens (tertiary/aromatic N) is 2. The summed E-state index contributed by atoms with van der Waals surface area (Å²) in [5.41, 5.74) is 1.24. The summed E-state index contributed by atoms with van der Waals surface area (Å²) in [6, 6.07) is 10.5. The monoisotopic (exact) mass is 562 g/mol. The zero-order valence-electron chi connectivity index (χ0n) is 19.3. The van der Waals surface area contributed by atoms with Gasteiger partial charge in [-0.05, 0) is 42.5 Å². The molecule has 0 radical (unpaired) electrons. The van der Waals surface area contributed by atoms with Gasteiger partial charge in [0.25, 0.3) is 5.92 Å². The van der Waals surface area contributed by atoms with Gasteiger partial charge in [-0.1, -0.05) is 0 Å². The quantitative estimate of drug-likeness (QED) is 0.333. The van der Waals surface area contributed by atoms with Gasteiger partial charge < -0.3 is 14.8 Å². The van der Waals surface area contributed by atoms with Gasteiger partial charge in [-0.25, -0.2) is 23.1 Å².